The molecule has 1 fully saturated rings. The fraction of sp³-hybridized carbons (Fsp3) is 0.156. The molecule has 0 radical (unpaired) electrons. The van der Waals surface area contributed by atoms with Crippen molar-refractivity contribution in [3.8, 4) is 5.75 Å². The van der Waals surface area contributed by atoms with Crippen LogP contribution in [0.1, 0.15) is 34.1 Å². The number of halogens is 2. The van der Waals surface area contributed by atoms with Gasteiger partial charge in [0.25, 0.3) is 5.78 Å². The lowest BCUT2D eigenvalue weighted by Gasteiger charge is -2.22. The number of benzene rings is 2. The van der Waals surface area contributed by atoms with Gasteiger partial charge in [-0.25, -0.2) is 4.98 Å². The highest BCUT2D eigenvalue weighted by Crippen LogP contribution is 2.45. The SMILES string of the molecule is C=CCOc1cccc(C2C(=C(O)c3nc4c(C)cccn4c3C)C(=O)C(=O)N2c2nnc(SCc3ccc(Cl)cc3Cl)s2)c1. The number of anilines is 1. The Bertz CT molecular complexity index is 2020. The molecule has 1 N–H and O–H groups in total. The summed E-state index contributed by atoms with van der Waals surface area (Å²) in [6.07, 6.45) is 3.44. The second-order valence-corrected chi connectivity index (χ2v) is 13.2. The molecule has 1 amide bonds. The molecular formula is C32H25Cl2N5O4S2. The zero-order valence-electron chi connectivity index (χ0n) is 24.0. The van der Waals surface area contributed by atoms with E-state index in [2.05, 4.69) is 21.8 Å². The van der Waals surface area contributed by atoms with Crippen LogP contribution in [0.25, 0.3) is 11.4 Å². The van der Waals surface area contributed by atoms with Gasteiger partial charge in [-0.1, -0.05) is 83.2 Å². The molecule has 0 bridgehead atoms. The lowest BCUT2D eigenvalue weighted by Crippen LogP contribution is -2.29. The van der Waals surface area contributed by atoms with Crippen molar-refractivity contribution in [2.75, 3.05) is 11.5 Å². The van der Waals surface area contributed by atoms with E-state index in [1.54, 1.807) is 49.4 Å². The van der Waals surface area contributed by atoms with Gasteiger partial charge in [-0.3, -0.25) is 14.5 Å². The van der Waals surface area contributed by atoms with Crippen molar-refractivity contribution in [2.45, 2.75) is 30.0 Å². The topological polar surface area (TPSA) is 110 Å². The van der Waals surface area contributed by atoms with Crippen LogP contribution in [-0.2, 0) is 15.3 Å². The molecule has 2 aromatic carbocycles. The van der Waals surface area contributed by atoms with Crippen LogP contribution in [0.4, 0.5) is 5.13 Å². The summed E-state index contributed by atoms with van der Waals surface area (Å²) in [5.41, 5.74) is 3.64. The number of amides is 1. The molecule has 45 heavy (non-hydrogen) atoms. The molecule has 5 aromatic rings. The van der Waals surface area contributed by atoms with Crippen molar-refractivity contribution < 1.29 is 19.4 Å². The number of carbonyl (C=O) groups is 2. The van der Waals surface area contributed by atoms with Gasteiger partial charge >= 0.3 is 5.91 Å². The normalized spacial score (nSPS) is 16.1. The van der Waals surface area contributed by atoms with E-state index >= 15 is 0 Å². The highest BCUT2D eigenvalue weighted by Gasteiger charge is 2.49. The average Bonchev–Trinajstić information content (AvgIpc) is 3.70. The molecule has 0 saturated carbocycles. The van der Waals surface area contributed by atoms with Gasteiger partial charge in [-0.05, 0) is 60.9 Å². The quantitative estimate of drug-likeness (QED) is 0.0424. The van der Waals surface area contributed by atoms with E-state index in [0.29, 0.717) is 42.8 Å². The summed E-state index contributed by atoms with van der Waals surface area (Å²) in [4.78, 5) is 33.4. The van der Waals surface area contributed by atoms with Crippen LogP contribution in [0.15, 0.2) is 83.4 Å². The molecule has 1 aliphatic rings. The Labute approximate surface area is 276 Å². The van der Waals surface area contributed by atoms with Gasteiger partial charge in [0.2, 0.25) is 5.13 Å². The number of aryl methyl sites for hydroxylation is 2. The van der Waals surface area contributed by atoms with Gasteiger partial charge in [0, 0.05) is 22.0 Å². The van der Waals surface area contributed by atoms with Crippen LogP contribution in [0.5, 0.6) is 5.75 Å². The van der Waals surface area contributed by atoms with Crippen molar-refractivity contribution in [3.05, 3.63) is 117 Å². The molecule has 0 spiro atoms. The predicted molar refractivity (Wildman–Crippen MR) is 178 cm³/mol. The first-order valence-electron chi connectivity index (χ1n) is 13.7. The Kier molecular flexibility index (Phi) is 8.69. The van der Waals surface area contributed by atoms with Crippen LogP contribution in [0, 0.1) is 13.8 Å². The number of carbonyl (C=O) groups excluding carboxylic acids is 2. The van der Waals surface area contributed by atoms with E-state index in [4.69, 9.17) is 27.9 Å². The predicted octanol–water partition coefficient (Wildman–Crippen LogP) is 7.59. The van der Waals surface area contributed by atoms with Crippen molar-refractivity contribution >= 4 is 74.5 Å². The number of Topliss-reactive ketones (excluding diaryl/α,β-unsaturated/α-hetero) is 1. The van der Waals surface area contributed by atoms with Crippen LogP contribution in [0.2, 0.25) is 10.0 Å². The summed E-state index contributed by atoms with van der Waals surface area (Å²) >= 11 is 14.9. The molecule has 1 aliphatic heterocycles. The van der Waals surface area contributed by atoms with Crippen LogP contribution >= 0.6 is 46.3 Å². The van der Waals surface area contributed by atoms with E-state index in [9.17, 15) is 14.7 Å². The maximum Gasteiger partial charge on any atom is 0.301 e. The molecule has 1 atom stereocenters. The van der Waals surface area contributed by atoms with Crippen molar-refractivity contribution in [1.82, 2.24) is 19.6 Å². The Morgan fingerprint density at radius 1 is 1.13 bits per heavy atom. The van der Waals surface area contributed by atoms with Crippen molar-refractivity contribution in [1.29, 1.82) is 0 Å². The number of imidazole rings is 1. The zero-order valence-corrected chi connectivity index (χ0v) is 27.2. The number of pyridine rings is 1. The molecular weight excluding hydrogens is 653 g/mol. The maximum absolute atomic E-state index is 13.8. The largest absolute Gasteiger partial charge is 0.505 e. The number of ether oxygens (including phenoxy) is 1. The van der Waals surface area contributed by atoms with Crippen molar-refractivity contribution in [3.63, 3.8) is 0 Å². The third kappa shape index (κ3) is 5.84. The Hall–Kier alpha value is -4.16. The molecule has 1 saturated heterocycles. The smallest absolute Gasteiger partial charge is 0.301 e. The third-order valence-corrected chi connectivity index (χ3v) is 9.95. The van der Waals surface area contributed by atoms with Gasteiger partial charge in [0.1, 0.15) is 23.7 Å². The van der Waals surface area contributed by atoms with Crippen LogP contribution in [-0.4, -0.2) is 43.0 Å². The minimum Gasteiger partial charge on any atom is -0.505 e. The van der Waals surface area contributed by atoms with E-state index in [-0.39, 0.29) is 28.8 Å². The first-order chi connectivity index (χ1) is 21.7. The summed E-state index contributed by atoms with van der Waals surface area (Å²) in [6.45, 7) is 7.66. The fourth-order valence-electron chi connectivity index (χ4n) is 5.09. The number of fused-ring (bicyclic) bond motifs is 1. The van der Waals surface area contributed by atoms with Crippen molar-refractivity contribution in [2.24, 2.45) is 0 Å². The van der Waals surface area contributed by atoms with E-state index in [1.807, 2.05) is 35.7 Å². The summed E-state index contributed by atoms with van der Waals surface area (Å²) < 4.78 is 8.14. The Morgan fingerprint density at radius 3 is 2.71 bits per heavy atom. The minimum absolute atomic E-state index is 0.109. The Balaban J connectivity index is 1.44. The molecule has 1 unspecified atom stereocenters. The fourth-order valence-corrected chi connectivity index (χ4v) is 7.51. The minimum atomic E-state index is -1.03. The average molecular weight is 679 g/mol. The van der Waals surface area contributed by atoms with E-state index in [0.717, 1.165) is 22.5 Å². The number of aromatic nitrogens is 4. The summed E-state index contributed by atoms with van der Waals surface area (Å²) in [5, 5.41) is 21.6. The summed E-state index contributed by atoms with van der Waals surface area (Å²) in [6, 6.07) is 15.0. The second-order valence-electron chi connectivity index (χ2n) is 10.1. The van der Waals surface area contributed by atoms with Gasteiger partial charge in [0.15, 0.2) is 10.1 Å². The molecule has 13 heteroatoms. The highest BCUT2D eigenvalue weighted by atomic mass is 35.5. The van der Waals surface area contributed by atoms with Crippen LogP contribution in [0.3, 0.4) is 0 Å². The number of hydrogen-bond donors (Lipinski definition) is 1. The maximum atomic E-state index is 13.8. The van der Waals surface area contributed by atoms with E-state index in [1.165, 1.54) is 16.7 Å². The van der Waals surface area contributed by atoms with E-state index < -0.39 is 17.7 Å². The number of thioether (sulfide) groups is 1. The second kappa shape index (κ2) is 12.7. The summed E-state index contributed by atoms with van der Waals surface area (Å²) in [7, 11) is 0. The molecule has 4 heterocycles. The van der Waals surface area contributed by atoms with Gasteiger partial charge in [0.05, 0.1) is 17.3 Å². The van der Waals surface area contributed by atoms with Crippen LogP contribution < -0.4 is 9.64 Å². The molecule has 9 nitrogen and oxygen atoms in total. The first kappa shape index (κ1) is 30.8. The lowest BCUT2D eigenvalue weighted by molar-refractivity contribution is -0.132. The lowest BCUT2D eigenvalue weighted by atomic mass is 9.96. The van der Waals surface area contributed by atoms with Gasteiger partial charge in [-0.2, -0.15) is 0 Å². The Morgan fingerprint density at radius 2 is 1.96 bits per heavy atom. The number of nitrogens with zero attached hydrogens (tertiary/aromatic N) is 5. The molecule has 6 rings (SSSR count). The number of aliphatic hydroxyl groups excluding tert-OH is 1. The number of hydrogen-bond acceptors (Lipinski definition) is 9. The third-order valence-electron chi connectivity index (χ3n) is 7.26. The molecule has 228 valence electrons. The molecule has 3 aromatic heterocycles. The first-order valence-corrected chi connectivity index (χ1v) is 16.2. The monoisotopic (exact) mass is 677 g/mol. The molecule has 0 aliphatic carbocycles. The number of ketones is 1. The number of aliphatic hydroxyl groups is 1. The summed E-state index contributed by atoms with van der Waals surface area (Å²) in [5.74, 6) is -1.09. The van der Waals surface area contributed by atoms with Gasteiger partial charge in [-0.15, -0.1) is 10.2 Å². The highest BCUT2D eigenvalue weighted by molar-refractivity contribution is 8.00. The van der Waals surface area contributed by atoms with Gasteiger partial charge < -0.3 is 14.2 Å². The standard InChI is InChI=1S/C32H25Cl2N5O4S2/c1-4-13-43-22-9-5-8-19(14-22)26-24(27(40)25-18(3)38-12-6-7-17(2)29(38)35-25)28(41)30(42)39(26)31-36-37-32(45-31)44-16-20-10-11-21(33)15-23(20)34/h4-12,14-15,26,40H,1,13,16H2,2-3H3. The zero-order chi connectivity index (χ0) is 31.8. The number of rotatable bonds is 9.